The number of anilines is 1. The standard InChI is InChI=1S/C24H19ClN4O6S/c1-4-35-24(32)20-17-11-36-22(26-21(30)16-10-15(29(33)34)7-8-18(16)25)19(17)23(31)28(27-20)14-6-5-12(2)13(3)9-14/h5-11H,4H2,1-3H3,(H,26,30). The molecule has 0 aliphatic rings. The molecule has 0 aliphatic carbocycles. The smallest absolute Gasteiger partial charge is 0.359 e. The first-order valence-electron chi connectivity index (χ1n) is 10.7. The lowest BCUT2D eigenvalue weighted by molar-refractivity contribution is -0.384. The first-order valence-corrected chi connectivity index (χ1v) is 11.9. The quantitative estimate of drug-likeness (QED) is 0.211. The summed E-state index contributed by atoms with van der Waals surface area (Å²) in [5, 5.41) is 19.9. The lowest BCUT2D eigenvalue weighted by atomic mass is 10.1. The van der Waals surface area contributed by atoms with Crippen LogP contribution in [0.25, 0.3) is 16.5 Å². The number of halogens is 1. The monoisotopic (exact) mass is 526 g/mol. The molecule has 4 rings (SSSR count). The number of nitro benzene ring substituents is 1. The van der Waals surface area contributed by atoms with E-state index >= 15 is 0 Å². The van der Waals surface area contributed by atoms with E-state index in [1.54, 1.807) is 19.1 Å². The van der Waals surface area contributed by atoms with Crippen LogP contribution in [-0.4, -0.2) is 33.2 Å². The number of nitro groups is 1. The fraction of sp³-hybridized carbons (Fsp3) is 0.167. The minimum atomic E-state index is -0.751. The summed E-state index contributed by atoms with van der Waals surface area (Å²) in [5.74, 6) is -1.48. The van der Waals surface area contributed by atoms with Crippen molar-refractivity contribution >= 4 is 56.3 Å². The Morgan fingerprint density at radius 1 is 1.19 bits per heavy atom. The van der Waals surface area contributed by atoms with Crippen molar-refractivity contribution in [2.75, 3.05) is 11.9 Å². The molecule has 1 N–H and O–H groups in total. The van der Waals surface area contributed by atoms with E-state index in [0.29, 0.717) is 5.69 Å². The van der Waals surface area contributed by atoms with Crippen LogP contribution in [0.2, 0.25) is 5.02 Å². The molecule has 4 aromatic rings. The van der Waals surface area contributed by atoms with Crippen molar-refractivity contribution in [3.05, 3.63) is 89.7 Å². The summed E-state index contributed by atoms with van der Waals surface area (Å²) in [6, 6.07) is 8.76. The molecular formula is C24H19ClN4O6S. The minimum absolute atomic E-state index is 0.000354. The Labute approximate surface area is 213 Å². The van der Waals surface area contributed by atoms with Gasteiger partial charge < -0.3 is 10.1 Å². The van der Waals surface area contributed by atoms with E-state index < -0.39 is 22.4 Å². The van der Waals surface area contributed by atoms with Crippen molar-refractivity contribution in [3.63, 3.8) is 0 Å². The number of fused-ring (bicyclic) bond motifs is 1. The van der Waals surface area contributed by atoms with Gasteiger partial charge in [0, 0.05) is 22.9 Å². The number of carbonyl (C=O) groups is 2. The molecule has 184 valence electrons. The Kier molecular flexibility index (Phi) is 6.86. The van der Waals surface area contributed by atoms with Gasteiger partial charge in [0.15, 0.2) is 5.69 Å². The minimum Gasteiger partial charge on any atom is -0.461 e. The zero-order valence-electron chi connectivity index (χ0n) is 19.3. The number of nitrogens with zero attached hydrogens (tertiary/aromatic N) is 3. The molecule has 2 aromatic heterocycles. The number of hydrogen-bond acceptors (Lipinski definition) is 8. The van der Waals surface area contributed by atoms with Crippen LogP contribution in [0.1, 0.15) is 38.9 Å². The maximum atomic E-state index is 13.6. The third-order valence-corrected chi connectivity index (χ3v) is 6.71. The van der Waals surface area contributed by atoms with Gasteiger partial charge in [0.05, 0.1) is 33.2 Å². The van der Waals surface area contributed by atoms with Gasteiger partial charge in [0.25, 0.3) is 17.2 Å². The van der Waals surface area contributed by atoms with E-state index in [0.717, 1.165) is 33.2 Å². The summed E-state index contributed by atoms with van der Waals surface area (Å²) in [7, 11) is 0. The van der Waals surface area contributed by atoms with Gasteiger partial charge in [-0.15, -0.1) is 11.3 Å². The molecule has 2 aromatic carbocycles. The second-order valence-corrected chi connectivity index (χ2v) is 9.07. The summed E-state index contributed by atoms with van der Waals surface area (Å²) < 4.78 is 6.23. The largest absolute Gasteiger partial charge is 0.461 e. The molecule has 0 fully saturated rings. The number of benzene rings is 2. The van der Waals surface area contributed by atoms with Gasteiger partial charge in [-0.2, -0.15) is 9.78 Å². The topological polar surface area (TPSA) is 133 Å². The van der Waals surface area contributed by atoms with E-state index in [-0.39, 0.29) is 44.3 Å². The van der Waals surface area contributed by atoms with E-state index in [2.05, 4.69) is 10.4 Å². The van der Waals surface area contributed by atoms with Crippen LogP contribution in [0.15, 0.2) is 46.6 Å². The normalized spacial score (nSPS) is 10.9. The maximum Gasteiger partial charge on any atom is 0.359 e. The van der Waals surface area contributed by atoms with E-state index in [4.69, 9.17) is 16.3 Å². The van der Waals surface area contributed by atoms with Crippen LogP contribution >= 0.6 is 22.9 Å². The molecule has 36 heavy (non-hydrogen) atoms. The number of thiophene rings is 1. The molecule has 0 atom stereocenters. The highest BCUT2D eigenvalue weighted by Crippen LogP contribution is 2.32. The van der Waals surface area contributed by atoms with Crippen LogP contribution in [-0.2, 0) is 4.74 Å². The van der Waals surface area contributed by atoms with Crippen molar-refractivity contribution in [2.45, 2.75) is 20.8 Å². The molecular weight excluding hydrogens is 508 g/mol. The van der Waals surface area contributed by atoms with Gasteiger partial charge in [0.2, 0.25) is 0 Å². The number of ether oxygens (including phenoxy) is 1. The molecule has 12 heteroatoms. The molecule has 0 bridgehead atoms. The maximum absolute atomic E-state index is 13.6. The lowest BCUT2D eigenvalue weighted by Crippen LogP contribution is -2.25. The summed E-state index contributed by atoms with van der Waals surface area (Å²) in [6.45, 7) is 5.56. The van der Waals surface area contributed by atoms with Gasteiger partial charge >= 0.3 is 5.97 Å². The summed E-state index contributed by atoms with van der Waals surface area (Å²) in [5.41, 5.74) is 1.25. The fourth-order valence-corrected chi connectivity index (χ4v) is 4.63. The highest BCUT2D eigenvalue weighted by atomic mass is 35.5. The van der Waals surface area contributed by atoms with Crippen molar-refractivity contribution in [1.29, 1.82) is 0 Å². The zero-order valence-corrected chi connectivity index (χ0v) is 20.9. The van der Waals surface area contributed by atoms with E-state index in [1.807, 2.05) is 19.9 Å². The van der Waals surface area contributed by atoms with Crippen molar-refractivity contribution in [2.24, 2.45) is 0 Å². The average molecular weight is 527 g/mol. The van der Waals surface area contributed by atoms with Crippen LogP contribution < -0.4 is 10.9 Å². The molecule has 2 heterocycles. The first kappa shape index (κ1) is 25.0. The number of esters is 1. The second-order valence-electron chi connectivity index (χ2n) is 7.78. The Balaban J connectivity index is 1.89. The molecule has 0 saturated carbocycles. The zero-order chi connectivity index (χ0) is 26.1. The Bertz CT molecular complexity index is 1610. The van der Waals surface area contributed by atoms with Crippen molar-refractivity contribution in [3.8, 4) is 5.69 Å². The Morgan fingerprint density at radius 2 is 1.94 bits per heavy atom. The number of hydrogen-bond donors (Lipinski definition) is 1. The second kappa shape index (κ2) is 9.88. The molecule has 0 unspecified atom stereocenters. The van der Waals surface area contributed by atoms with Gasteiger partial charge in [-0.05, 0) is 50.1 Å². The van der Waals surface area contributed by atoms with Gasteiger partial charge in [-0.1, -0.05) is 17.7 Å². The number of carbonyl (C=O) groups excluding carboxylic acids is 2. The lowest BCUT2D eigenvalue weighted by Gasteiger charge is -2.11. The van der Waals surface area contributed by atoms with E-state index in [9.17, 15) is 24.5 Å². The molecule has 0 spiro atoms. The van der Waals surface area contributed by atoms with Crippen LogP contribution in [0, 0.1) is 24.0 Å². The van der Waals surface area contributed by atoms with Gasteiger partial charge in [0.1, 0.15) is 5.00 Å². The summed E-state index contributed by atoms with van der Waals surface area (Å²) in [6.07, 6.45) is 0. The molecule has 1 amide bonds. The molecule has 10 nitrogen and oxygen atoms in total. The Hall–Kier alpha value is -4.09. The number of amides is 1. The third kappa shape index (κ3) is 4.58. The third-order valence-electron chi connectivity index (χ3n) is 5.49. The number of aromatic nitrogens is 2. The van der Waals surface area contributed by atoms with Crippen LogP contribution in [0.5, 0.6) is 0 Å². The van der Waals surface area contributed by atoms with Gasteiger partial charge in [-0.3, -0.25) is 19.7 Å². The predicted octanol–water partition coefficient (Wildman–Crippen LogP) is 5.05. The fourth-order valence-electron chi connectivity index (χ4n) is 3.50. The van der Waals surface area contributed by atoms with Crippen LogP contribution in [0.3, 0.4) is 0 Å². The number of nitrogens with one attached hydrogen (secondary N) is 1. The number of non-ortho nitro benzene ring substituents is 1. The highest BCUT2D eigenvalue weighted by Gasteiger charge is 2.24. The SMILES string of the molecule is CCOC(=O)c1nn(-c2ccc(C)c(C)c2)c(=O)c2c(NC(=O)c3cc([N+](=O)[O-])ccc3Cl)scc12. The van der Waals surface area contributed by atoms with Gasteiger partial charge in [-0.25, -0.2) is 4.79 Å². The van der Waals surface area contributed by atoms with E-state index in [1.165, 1.54) is 17.5 Å². The predicted molar refractivity (Wildman–Crippen MR) is 137 cm³/mol. The first-order chi connectivity index (χ1) is 17.1. The summed E-state index contributed by atoms with van der Waals surface area (Å²) >= 11 is 7.11. The molecule has 0 radical (unpaired) electrons. The molecule has 0 aliphatic heterocycles. The van der Waals surface area contributed by atoms with Crippen molar-refractivity contribution < 1.29 is 19.2 Å². The average Bonchev–Trinajstić information content (AvgIpc) is 3.25. The Morgan fingerprint density at radius 3 is 2.61 bits per heavy atom. The highest BCUT2D eigenvalue weighted by molar-refractivity contribution is 7.16. The van der Waals surface area contributed by atoms with Crippen molar-refractivity contribution in [1.82, 2.24) is 9.78 Å². The van der Waals surface area contributed by atoms with Crippen LogP contribution in [0.4, 0.5) is 10.7 Å². The number of aryl methyl sites for hydroxylation is 2. The summed E-state index contributed by atoms with van der Waals surface area (Å²) in [4.78, 5) is 49.7. The molecule has 0 saturated heterocycles. The number of rotatable bonds is 6.